The minimum Gasteiger partial charge on any atom is -0.443 e. The molecule has 10 atom stereocenters. The molecule has 2 amide bonds. The van der Waals surface area contributed by atoms with Gasteiger partial charge in [-0.15, -0.1) is 6.58 Å². The van der Waals surface area contributed by atoms with Gasteiger partial charge in [-0.05, 0) is 68.2 Å². The molecule has 13 nitrogen and oxygen atoms in total. The number of carbonyl (C=O) groups excluding carboxylic acids is 2. The van der Waals surface area contributed by atoms with Crippen molar-refractivity contribution in [1.29, 1.82) is 0 Å². The van der Waals surface area contributed by atoms with E-state index in [9.17, 15) is 24.2 Å². The molecule has 2 N–H and O–H groups in total. The number of aliphatic hydroxyl groups excluding tert-OH is 2. The number of hydrogen-bond acceptors (Lipinski definition) is 13. The number of aliphatic hydroxyl groups is 2. The zero-order chi connectivity index (χ0) is 39.6. The molecule has 0 aromatic heterocycles. The molecule has 0 saturated carbocycles. The fourth-order valence-electron chi connectivity index (χ4n) is 5.78. The van der Waals surface area contributed by atoms with E-state index in [0.29, 0.717) is 36.5 Å². The minimum atomic E-state index is -1.00. The maximum absolute atomic E-state index is 12.5. The Kier molecular flexibility index (Phi) is 17.0. The number of fused-ring (bicyclic) bond motifs is 2. The van der Waals surface area contributed by atoms with Crippen LogP contribution in [0.1, 0.15) is 90.4 Å². The Balaban J connectivity index is 0.000000337. The number of halogens is 1. The smallest absolute Gasteiger partial charge is 0.416 e. The van der Waals surface area contributed by atoms with Gasteiger partial charge in [0.05, 0.1) is 33.4 Å². The molecule has 4 aliphatic heterocycles. The quantitative estimate of drug-likeness (QED) is 0.285. The van der Waals surface area contributed by atoms with Crippen molar-refractivity contribution in [1.82, 2.24) is 9.80 Å². The van der Waals surface area contributed by atoms with E-state index in [-0.39, 0.29) is 35.7 Å². The fourth-order valence-corrected chi connectivity index (χ4v) is 8.34. The van der Waals surface area contributed by atoms with Crippen LogP contribution in [-0.2, 0) is 23.7 Å². The Hall–Kier alpha value is -1.95. The molecule has 0 aromatic carbocycles. The summed E-state index contributed by atoms with van der Waals surface area (Å²) in [5, 5.41) is 21.4. The van der Waals surface area contributed by atoms with Crippen LogP contribution < -0.4 is 0 Å². The third kappa shape index (κ3) is 12.0. The molecule has 0 spiro atoms. The van der Waals surface area contributed by atoms with Crippen LogP contribution in [0, 0.1) is 5.92 Å². The van der Waals surface area contributed by atoms with Gasteiger partial charge in [0.1, 0.15) is 46.4 Å². The Bertz CT molecular complexity index is 1240. The van der Waals surface area contributed by atoms with Crippen molar-refractivity contribution in [2.45, 2.75) is 154 Å². The Morgan fingerprint density at radius 2 is 1.31 bits per heavy atom. The third-order valence-corrected chi connectivity index (χ3v) is 10.5. The molecule has 16 heteroatoms. The molecule has 4 aliphatic rings. The Morgan fingerprint density at radius 1 is 0.882 bits per heavy atom. The van der Waals surface area contributed by atoms with Crippen LogP contribution in [0.2, 0.25) is 0 Å². The topological polar surface area (TPSA) is 152 Å². The van der Waals surface area contributed by atoms with E-state index in [1.807, 2.05) is 41.5 Å². The van der Waals surface area contributed by atoms with Crippen molar-refractivity contribution in [2.75, 3.05) is 26.8 Å². The van der Waals surface area contributed by atoms with E-state index in [4.69, 9.17) is 30.0 Å². The van der Waals surface area contributed by atoms with E-state index in [1.165, 1.54) is 28.4 Å². The van der Waals surface area contributed by atoms with Gasteiger partial charge in [-0.2, -0.15) is 0 Å². The van der Waals surface area contributed by atoms with Gasteiger partial charge in [-0.25, -0.2) is 9.59 Å². The average molecular weight is 766 g/mol. The van der Waals surface area contributed by atoms with Crippen molar-refractivity contribution in [2.24, 2.45) is 15.9 Å². The summed E-state index contributed by atoms with van der Waals surface area (Å²) in [4.78, 5) is 37.1. The molecule has 2 fully saturated rings. The monoisotopic (exact) mass is 765 g/mol. The number of amides is 2. The van der Waals surface area contributed by atoms with Gasteiger partial charge in [-0.3, -0.25) is 24.2 Å². The maximum atomic E-state index is 12.5. The summed E-state index contributed by atoms with van der Waals surface area (Å²) in [6, 6.07) is -0.714. The lowest BCUT2D eigenvalue weighted by Crippen LogP contribution is -2.54. The highest BCUT2D eigenvalue weighted by Crippen LogP contribution is 2.42. The summed E-state index contributed by atoms with van der Waals surface area (Å²) in [5.41, 5.74) is -1.68. The number of ether oxygens (including phenoxy) is 5. The predicted octanol–water partition coefficient (Wildman–Crippen LogP) is 6.21. The van der Waals surface area contributed by atoms with E-state index >= 15 is 0 Å². The van der Waals surface area contributed by atoms with Crippen molar-refractivity contribution < 1.29 is 49.2 Å². The number of amidine groups is 2. The lowest BCUT2D eigenvalue weighted by molar-refractivity contribution is -0.153. The lowest BCUT2D eigenvalue weighted by Gasteiger charge is -2.41. The minimum absolute atomic E-state index is 0.0564. The van der Waals surface area contributed by atoms with Gasteiger partial charge < -0.3 is 33.9 Å². The van der Waals surface area contributed by atoms with Crippen LogP contribution in [0.15, 0.2) is 22.6 Å². The highest BCUT2D eigenvalue weighted by molar-refractivity contribution is 8.14. The molecule has 0 radical (unpaired) electrons. The molecule has 0 aromatic rings. The van der Waals surface area contributed by atoms with E-state index < -0.39 is 54.2 Å². The zero-order valence-electron chi connectivity index (χ0n) is 33.0. The van der Waals surface area contributed by atoms with Crippen LogP contribution in [0.25, 0.3) is 0 Å². The van der Waals surface area contributed by atoms with Gasteiger partial charge >= 0.3 is 12.2 Å². The van der Waals surface area contributed by atoms with Crippen molar-refractivity contribution in [3.63, 3.8) is 0 Å². The molecule has 0 aliphatic carbocycles. The summed E-state index contributed by atoms with van der Waals surface area (Å²) in [7, 11) is -1.00. The van der Waals surface area contributed by atoms with Gasteiger partial charge in [0.15, 0.2) is 10.3 Å². The first-order valence-corrected chi connectivity index (χ1v) is 19.3. The van der Waals surface area contributed by atoms with Crippen LogP contribution in [0.4, 0.5) is 14.0 Å². The average Bonchev–Trinajstić information content (AvgIpc) is 3.66. The van der Waals surface area contributed by atoms with Gasteiger partial charge in [-0.1, -0.05) is 50.4 Å². The first-order chi connectivity index (χ1) is 24.3. The molecule has 2 saturated heterocycles. The van der Waals surface area contributed by atoms with Gasteiger partial charge in [0, 0.05) is 19.0 Å². The summed E-state index contributed by atoms with van der Waals surface area (Å²) in [6.07, 6.45) is 0.0690. The van der Waals surface area contributed by atoms with Crippen LogP contribution in [-0.4, -0.2) is 134 Å². The summed E-state index contributed by atoms with van der Waals surface area (Å²) >= 11 is 2.78. The van der Waals surface area contributed by atoms with Crippen LogP contribution in [0.3, 0.4) is 0 Å². The number of rotatable bonds is 7. The SMILES string of the molecule is C=CCO[C@H]1[C@H](C)[C@@H](CC)O[C@@H]2SC(N(CC)C(=O)OC(C)(C)C)=N[C@H]12.CC[C@H]1O[C@@H]2SC(N(CC)C(=O)OC(C)(C)C)=N[C@@H]2[C@@H](O)[C@@H]1O.[2H]CF. The van der Waals surface area contributed by atoms with Crippen molar-refractivity contribution in [3.05, 3.63) is 12.7 Å². The van der Waals surface area contributed by atoms with E-state index in [1.54, 1.807) is 31.7 Å². The molecule has 0 unspecified atom stereocenters. The molecule has 51 heavy (non-hydrogen) atoms. The molecule has 4 heterocycles. The summed E-state index contributed by atoms with van der Waals surface area (Å²) < 4.78 is 44.5. The van der Waals surface area contributed by atoms with Gasteiger partial charge in [0.2, 0.25) is 0 Å². The second-order valence-electron chi connectivity index (χ2n) is 14.3. The zero-order valence-corrected chi connectivity index (χ0v) is 33.7. The van der Waals surface area contributed by atoms with Crippen molar-refractivity contribution in [3.8, 4) is 0 Å². The van der Waals surface area contributed by atoms with Crippen LogP contribution >= 0.6 is 23.5 Å². The molecule has 0 bridgehead atoms. The van der Waals surface area contributed by atoms with Crippen LogP contribution in [0.5, 0.6) is 0 Å². The first-order valence-electron chi connectivity index (χ1n) is 18.3. The third-order valence-electron chi connectivity index (χ3n) is 8.19. The molecular weight excluding hydrogens is 704 g/mol. The summed E-state index contributed by atoms with van der Waals surface area (Å²) in [6.45, 7) is 26.0. The summed E-state index contributed by atoms with van der Waals surface area (Å²) in [5.74, 6) is 0.224. The number of nitrogens with zero attached hydrogens (tertiary/aromatic N) is 4. The van der Waals surface area contributed by atoms with E-state index in [2.05, 4.69) is 25.4 Å². The largest absolute Gasteiger partial charge is 0.443 e. The highest BCUT2D eigenvalue weighted by Gasteiger charge is 2.50. The number of alkyl halides is 1. The number of carbonyl (C=O) groups is 2. The van der Waals surface area contributed by atoms with Gasteiger partial charge in [0.25, 0.3) is 0 Å². The lowest BCUT2D eigenvalue weighted by atomic mass is 9.88. The maximum Gasteiger partial charge on any atom is 0.416 e. The molecule has 4 rings (SSSR count). The Labute approximate surface area is 313 Å². The molecular formula is C35H61FN4O9S2. The highest BCUT2D eigenvalue weighted by atomic mass is 32.2. The predicted molar refractivity (Wildman–Crippen MR) is 201 cm³/mol. The number of aliphatic imine (C=N–C) groups is 2. The van der Waals surface area contributed by atoms with Crippen molar-refractivity contribution >= 4 is 46.0 Å². The normalized spacial score (nSPS) is 31.5. The number of thioether (sulfide) groups is 2. The fraction of sp³-hybridized carbons (Fsp3) is 0.829. The Morgan fingerprint density at radius 3 is 1.73 bits per heavy atom. The second-order valence-corrected chi connectivity index (χ2v) is 16.4. The first kappa shape index (κ1) is 43.5. The second kappa shape index (κ2) is 19.9. The molecule has 294 valence electrons. The standard InChI is InChI=1S/C19H32N2O4S.C15H26N2O5S.CH3F/c1-8-11-23-15-12(4)13(9-2)24-16-14(15)20-17(26-16)21(10-3)18(22)25-19(5,6)7;1-6-8-10(18)11(19)9-12(21-8)23-13(16-9)17(7-2)14(20)22-15(3,4)5;1-2/h8,12-16H,1,9-11H2,2-7H3;8-12,18-19H,6-7H2,1-5H3;1H3/t12-,13-,14-,15+,16-;8-,9-,10-,11-,12-;/m11./s1/i;;1D. The number of hydrogen-bond donors (Lipinski definition) is 2. The van der Waals surface area contributed by atoms with E-state index in [0.717, 1.165) is 6.42 Å².